The summed E-state index contributed by atoms with van der Waals surface area (Å²) >= 11 is 1.27. The average molecular weight is 347 g/mol. The number of aromatic nitrogens is 3. The fraction of sp³-hybridized carbons (Fsp3) is 0.438. The van der Waals surface area contributed by atoms with Gasteiger partial charge in [-0.2, -0.15) is 0 Å². The molecular weight excluding hydrogens is 326 g/mol. The zero-order valence-electron chi connectivity index (χ0n) is 13.8. The van der Waals surface area contributed by atoms with Crippen LogP contribution in [0.1, 0.15) is 29.8 Å². The lowest BCUT2D eigenvalue weighted by Gasteiger charge is -2.08. The first-order valence-electron chi connectivity index (χ1n) is 7.84. The van der Waals surface area contributed by atoms with Crippen LogP contribution >= 0.6 is 11.8 Å². The second-order valence-corrected chi connectivity index (χ2v) is 6.95. The maximum atomic E-state index is 11.7. The Balaban J connectivity index is 1.54. The van der Waals surface area contributed by atoms with E-state index in [0.717, 1.165) is 29.7 Å². The molecular formula is C16H21N5O2S. The van der Waals surface area contributed by atoms with Crippen LogP contribution in [-0.2, 0) is 11.4 Å². The van der Waals surface area contributed by atoms with Gasteiger partial charge in [-0.05, 0) is 49.9 Å². The van der Waals surface area contributed by atoms with Crippen LogP contribution in [0, 0.1) is 13.8 Å². The van der Waals surface area contributed by atoms with Gasteiger partial charge in [0.1, 0.15) is 12.4 Å². The number of hydrogen-bond acceptors (Lipinski definition) is 6. The second-order valence-electron chi connectivity index (χ2n) is 6.01. The number of amides is 1. The molecule has 0 saturated heterocycles. The summed E-state index contributed by atoms with van der Waals surface area (Å²) in [5.41, 5.74) is 2.27. The van der Waals surface area contributed by atoms with E-state index in [1.807, 2.05) is 26.0 Å². The molecule has 1 aromatic heterocycles. The van der Waals surface area contributed by atoms with Crippen molar-refractivity contribution in [3.05, 3.63) is 35.2 Å². The number of hydrogen-bond donors (Lipinski definition) is 2. The third-order valence-electron chi connectivity index (χ3n) is 3.57. The lowest BCUT2D eigenvalue weighted by Crippen LogP contribution is -2.27. The first-order valence-corrected chi connectivity index (χ1v) is 8.82. The van der Waals surface area contributed by atoms with Crippen molar-refractivity contribution in [1.29, 1.82) is 0 Å². The number of carbonyl (C=O) groups excluding carboxylic acids is 1. The smallest absolute Gasteiger partial charge is 0.230 e. The molecule has 3 N–H and O–H groups in total. The Labute approximate surface area is 144 Å². The summed E-state index contributed by atoms with van der Waals surface area (Å²) in [4.78, 5) is 11.7. The van der Waals surface area contributed by atoms with Gasteiger partial charge in [-0.3, -0.25) is 4.79 Å². The molecule has 1 amide bonds. The lowest BCUT2D eigenvalue weighted by atomic mass is 10.1. The minimum Gasteiger partial charge on any atom is -0.486 e. The van der Waals surface area contributed by atoms with Gasteiger partial charge in [0.15, 0.2) is 5.82 Å². The van der Waals surface area contributed by atoms with Crippen molar-refractivity contribution in [3.63, 3.8) is 0 Å². The largest absolute Gasteiger partial charge is 0.486 e. The maximum Gasteiger partial charge on any atom is 0.230 e. The monoisotopic (exact) mass is 347 g/mol. The van der Waals surface area contributed by atoms with Crippen LogP contribution < -0.4 is 15.9 Å². The van der Waals surface area contributed by atoms with Gasteiger partial charge >= 0.3 is 0 Å². The molecule has 24 heavy (non-hydrogen) atoms. The average Bonchev–Trinajstić information content (AvgIpc) is 3.25. The van der Waals surface area contributed by atoms with Crippen LogP contribution in [0.3, 0.4) is 0 Å². The summed E-state index contributed by atoms with van der Waals surface area (Å²) in [6, 6.07) is 6.36. The number of nitrogens with one attached hydrogen (secondary N) is 1. The minimum atomic E-state index is -0.00136. The molecule has 0 spiro atoms. The van der Waals surface area contributed by atoms with Gasteiger partial charge in [0.2, 0.25) is 11.1 Å². The van der Waals surface area contributed by atoms with E-state index in [-0.39, 0.29) is 18.3 Å². The summed E-state index contributed by atoms with van der Waals surface area (Å²) in [5, 5.41) is 11.5. The van der Waals surface area contributed by atoms with Crippen molar-refractivity contribution in [2.24, 2.45) is 0 Å². The Bertz CT molecular complexity index is 722. The molecule has 0 radical (unpaired) electrons. The molecule has 128 valence electrons. The van der Waals surface area contributed by atoms with Gasteiger partial charge in [-0.25, -0.2) is 4.68 Å². The quantitative estimate of drug-likeness (QED) is 0.583. The molecule has 0 bridgehead atoms. The van der Waals surface area contributed by atoms with Crippen molar-refractivity contribution < 1.29 is 9.53 Å². The number of ether oxygens (including phenoxy) is 1. The molecule has 1 heterocycles. The number of benzene rings is 1. The number of nitrogens with zero attached hydrogens (tertiary/aromatic N) is 3. The molecule has 0 aliphatic heterocycles. The molecule has 1 aliphatic carbocycles. The number of carbonyl (C=O) groups is 1. The van der Waals surface area contributed by atoms with E-state index in [1.165, 1.54) is 16.4 Å². The van der Waals surface area contributed by atoms with Crippen molar-refractivity contribution in [2.45, 2.75) is 44.5 Å². The molecule has 1 saturated carbocycles. The number of rotatable bonds is 7. The van der Waals surface area contributed by atoms with E-state index < -0.39 is 0 Å². The first-order chi connectivity index (χ1) is 11.5. The summed E-state index contributed by atoms with van der Waals surface area (Å²) < 4.78 is 7.12. The van der Waals surface area contributed by atoms with E-state index >= 15 is 0 Å². The van der Waals surface area contributed by atoms with Crippen LogP contribution in [0.4, 0.5) is 0 Å². The van der Waals surface area contributed by atoms with Crippen LogP contribution in [-0.4, -0.2) is 32.6 Å². The minimum absolute atomic E-state index is 0.00136. The van der Waals surface area contributed by atoms with E-state index in [2.05, 4.69) is 21.6 Å². The molecule has 1 aliphatic rings. The Kier molecular flexibility index (Phi) is 4.94. The molecule has 0 atom stereocenters. The maximum absolute atomic E-state index is 11.7. The number of thioether (sulfide) groups is 1. The number of aryl methyl sites for hydroxylation is 2. The molecule has 1 fully saturated rings. The summed E-state index contributed by atoms with van der Waals surface area (Å²) in [6.45, 7) is 4.26. The summed E-state index contributed by atoms with van der Waals surface area (Å²) in [5.74, 6) is 7.55. The zero-order chi connectivity index (χ0) is 17.1. The fourth-order valence-corrected chi connectivity index (χ4v) is 2.98. The number of nitrogens with two attached hydrogens (primary N) is 1. The molecule has 1 aromatic carbocycles. The fourth-order valence-electron chi connectivity index (χ4n) is 2.30. The van der Waals surface area contributed by atoms with Gasteiger partial charge < -0.3 is 15.9 Å². The molecule has 8 heteroatoms. The highest BCUT2D eigenvalue weighted by molar-refractivity contribution is 7.99. The van der Waals surface area contributed by atoms with E-state index in [4.69, 9.17) is 10.6 Å². The molecule has 3 rings (SSSR count). The van der Waals surface area contributed by atoms with E-state index in [0.29, 0.717) is 17.0 Å². The van der Waals surface area contributed by atoms with Crippen molar-refractivity contribution in [3.8, 4) is 5.75 Å². The van der Waals surface area contributed by atoms with Crippen molar-refractivity contribution in [2.75, 3.05) is 11.6 Å². The highest BCUT2D eigenvalue weighted by Gasteiger charge is 2.23. The lowest BCUT2D eigenvalue weighted by molar-refractivity contribution is -0.118. The molecule has 0 unspecified atom stereocenters. The Morgan fingerprint density at radius 2 is 2.04 bits per heavy atom. The Hall–Kier alpha value is -2.22. The van der Waals surface area contributed by atoms with Crippen LogP contribution in [0.15, 0.2) is 23.4 Å². The highest BCUT2D eigenvalue weighted by atomic mass is 32.2. The first kappa shape index (κ1) is 16.6. The summed E-state index contributed by atoms with van der Waals surface area (Å²) in [7, 11) is 0. The third kappa shape index (κ3) is 4.41. The van der Waals surface area contributed by atoms with Gasteiger partial charge in [0.05, 0.1) is 5.75 Å². The Morgan fingerprint density at radius 1 is 1.33 bits per heavy atom. The van der Waals surface area contributed by atoms with Gasteiger partial charge in [-0.1, -0.05) is 17.8 Å². The predicted octanol–water partition coefficient (Wildman–Crippen LogP) is 1.56. The van der Waals surface area contributed by atoms with Crippen LogP contribution in [0.5, 0.6) is 5.75 Å². The SMILES string of the molecule is Cc1cc(C)cc(OCc2nnc(SCC(=O)NC3CC3)n2N)c1. The highest BCUT2D eigenvalue weighted by Crippen LogP contribution is 2.21. The van der Waals surface area contributed by atoms with Gasteiger partial charge in [-0.15, -0.1) is 10.2 Å². The van der Waals surface area contributed by atoms with Crippen LogP contribution in [0.25, 0.3) is 0 Å². The predicted molar refractivity (Wildman–Crippen MR) is 92.3 cm³/mol. The van der Waals surface area contributed by atoms with Crippen molar-refractivity contribution in [1.82, 2.24) is 20.2 Å². The van der Waals surface area contributed by atoms with Gasteiger partial charge in [0.25, 0.3) is 0 Å². The second kappa shape index (κ2) is 7.12. The summed E-state index contributed by atoms with van der Waals surface area (Å²) in [6.07, 6.45) is 2.15. The Morgan fingerprint density at radius 3 is 2.71 bits per heavy atom. The molecule has 2 aromatic rings. The topological polar surface area (TPSA) is 95.1 Å². The van der Waals surface area contributed by atoms with Crippen LogP contribution in [0.2, 0.25) is 0 Å². The third-order valence-corrected chi connectivity index (χ3v) is 4.52. The van der Waals surface area contributed by atoms with E-state index in [9.17, 15) is 4.79 Å². The zero-order valence-corrected chi connectivity index (χ0v) is 14.6. The standard InChI is InChI=1S/C16H21N5O2S/c1-10-5-11(2)7-13(6-10)23-8-14-19-20-16(21(14)17)24-9-15(22)18-12-3-4-12/h5-7,12H,3-4,8-9,17H2,1-2H3,(H,18,22). The van der Waals surface area contributed by atoms with Crippen molar-refractivity contribution >= 4 is 17.7 Å². The number of nitrogen functional groups attached to an aromatic ring is 1. The normalized spacial score (nSPS) is 13.8. The van der Waals surface area contributed by atoms with E-state index in [1.54, 1.807) is 0 Å². The molecule has 7 nitrogen and oxygen atoms in total. The van der Waals surface area contributed by atoms with Gasteiger partial charge in [0, 0.05) is 6.04 Å².